The third-order valence-corrected chi connectivity index (χ3v) is 3.57. The third-order valence-electron chi connectivity index (χ3n) is 3.24. The number of benzene rings is 2. The fourth-order valence-electron chi connectivity index (χ4n) is 2.16. The van der Waals surface area contributed by atoms with Gasteiger partial charge in [-0.15, -0.1) is 0 Å². The van der Waals surface area contributed by atoms with Crippen LogP contribution >= 0.6 is 11.6 Å². The zero-order valence-electron chi connectivity index (χ0n) is 11.0. The first-order valence-corrected chi connectivity index (χ1v) is 6.47. The van der Waals surface area contributed by atoms with Crippen molar-refractivity contribution in [1.82, 2.24) is 0 Å². The van der Waals surface area contributed by atoms with Gasteiger partial charge in [-0.25, -0.2) is 4.39 Å². The lowest BCUT2D eigenvalue weighted by Gasteiger charge is -2.18. The molecule has 21 heavy (non-hydrogen) atoms. The predicted octanol–water partition coefficient (Wildman–Crippen LogP) is 4.85. The summed E-state index contributed by atoms with van der Waals surface area (Å²) in [4.78, 5) is 0. The van der Waals surface area contributed by atoms with Crippen molar-refractivity contribution in [2.24, 2.45) is 5.73 Å². The highest BCUT2D eigenvalue weighted by atomic mass is 35.5. The van der Waals surface area contributed by atoms with Gasteiger partial charge >= 0.3 is 6.18 Å². The van der Waals surface area contributed by atoms with E-state index in [1.807, 2.05) is 0 Å². The van der Waals surface area contributed by atoms with Crippen molar-refractivity contribution in [3.05, 3.63) is 69.5 Å². The van der Waals surface area contributed by atoms with Crippen LogP contribution in [0, 0.1) is 12.7 Å². The largest absolute Gasteiger partial charge is 0.416 e. The summed E-state index contributed by atoms with van der Waals surface area (Å²) >= 11 is 5.93. The van der Waals surface area contributed by atoms with E-state index in [4.69, 9.17) is 17.3 Å². The minimum absolute atomic E-state index is 0.0713. The molecule has 0 spiro atoms. The van der Waals surface area contributed by atoms with Crippen LogP contribution in [0.2, 0.25) is 5.02 Å². The van der Waals surface area contributed by atoms with Crippen molar-refractivity contribution < 1.29 is 17.6 Å². The average Bonchev–Trinajstić information content (AvgIpc) is 2.37. The zero-order valence-corrected chi connectivity index (χ0v) is 11.8. The summed E-state index contributed by atoms with van der Waals surface area (Å²) in [6.45, 7) is 1.50. The monoisotopic (exact) mass is 317 g/mol. The van der Waals surface area contributed by atoms with Crippen LogP contribution in [0.15, 0.2) is 36.4 Å². The van der Waals surface area contributed by atoms with E-state index in [0.29, 0.717) is 11.1 Å². The Balaban J connectivity index is 2.47. The molecule has 2 rings (SSSR count). The van der Waals surface area contributed by atoms with Gasteiger partial charge in [-0.2, -0.15) is 13.2 Å². The Bertz CT molecular complexity index is 647. The highest BCUT2D eigenvalue weighted by Gasteiger charge is 2.31. The van der Waals surface area contributed by atoms with Gasteiger partial charge in [0.05, 0.1) is 11.6 Å². The van der Waals surface area contributed by atoms with E-state index < -0.39 is 23.6 Å². The van der Waals surface area contributed by atoms with Crippen LogP contribution in [-0.4, -0.2) is 0 Å². The van der Waals surface area contributed by atoms with Gasteiger partial charge < -0.3 is 5.73 Å². The Kier molecular flexibility index (Phi) is 4.25. The standard InChI is InChI=1S/C15H12ClF4N/c1-8-7-9(15(18,19)20)5-6-10(8)14(21)13-11(16)3-2-4-12(13)17/h2-7,14H,21H2,1H3. The maximum absolute atomic E-state index is 13.8. The summed E-state index contributed by atoms with van der Waals surface area (Å²) in [5.74, 6) is -0.589. The van der Waals surface area contributed by atoms with Crippen LogP contribution in [-0.2, 0) is 6.18 Å². The lowest BCUT2D eigenvalue weighted by atomic mass is 9.94. The van der Waals surface area contributed by atoms with Gasteiger partial charge in [0.2, 0.25) is 0 Å². The normalized spacial score (nSPS) is 13.3. The van der Waals surface area contributed by atoms with Crippen LogP contribution < -0.4 is 5.73 Å². The maximum Gasteiger partial charge on any atom is 0.416 e. The molecule has 0 bridgehead atoms. The van der Waals surface area contributed by atoms with Crippen molar-refractivity contribution in [3.8, 4) is 0 Å². The molecule has 6 heteroatoms. The SMILES string of the molecule is Cc1cc(C(F)(F)F)ccc1C(N)c1c(F)cccc1Cl. The number of hydrogen-bond acceptors (Lipinski definition) is 1. The fourth-order valence-corrected chi connectivity index (χ4v) is 2.44. The molecule has 0 aliphatic heterocycles. The van der Waals surface area contributed by atoms with Gasteiger partial charge in [0, 0.05) is 10.6 Å². The van der Waals surface area contributed by atoms with E-state index in [1.165, 1.54) is 31.2 Å². The Hall–Kier alpha value is -1.59. The predicted molar refractivity (Wildman–Crippen MR) is 73.6 cm³/mol. The molecule has 1 atom stereocenters. The Morgan fingerprint density at radius 3 is 2.33 bits per heavy atom. The number of nitrogens with two attached hydrogens (primary N) is 1. The minimum Gasteiger partial charge on any atom is -0.320 e. The fraction of sp³-hybridized carbons (Fsp3) is 0.200. The summed E-state index contributed by atoms with van der Waals surface area (Å²) in [6, 6.07) is 6.38. The summed E-state index contributed by atoms with van der Waals surface area (Å²) in [5.41, 5.74) is 6.00. The van der Waals surface area contributed by atoms with Gasteiger partial charge in [0.1, 0.15) is 5.82 Å². The quantitative estimate of drug-likeness (QED) is 0.787. The molecule has 112 valence electrons. The first-order chi connectivity index (χ1) is 9.71. The van der Waals surface area contributed by atoms with Gasteiger partial charge in [-0.05, 0) is 42.3 Å². The molecular formula is C15H12ClF4N. The molecule has 2 N–H and O–H groups in total. The van der Waals surface area contributed by atoms with Crippen molar-refractivity contribution in [2.45, 2.75) is 19.1 Å². The molecule has 0 saturated carbocycles. The molecule has 0 aliphatic carbocycles. The highest BCUT2D eigenvalue weighted by molar-refractivity contribution is 6.31. The van der Waals surface area contributed by atoms with E-state index in [1.54, 1.807) is 0 Å². The molecular weight excluding hydrogens is 306 g/mol. The van der Waals surface area contributed by atoms with E-state index in [0.717, 1.165) is 12.1 Å². The van der Waals surface area contributed by atoms with Crippen LogP contribution in [0.5, 0.6) is 0 Å². The van der Waals surface area contributed by atoms with E-state index in [2.05, 4.69) is 0 Å². The summed E-state index contributed by atoms with van der Waals surface area (Å²) in [6.07, 6.45) is -4.43. The average molecular weight is 318 g/mol. The topological polar surface area (TPSA) is 26.0 Å². The van der Waals surface area contributed by atoms with Crippen LogP contribution in [0.25, 0.3) is 0 Å². The molecule has 0 fully saturated rings. The summed E-state index contributed by atoms with van der Waals surface area (Å²) in [7, 11) is 0. The van der Waals surface area contributed by atoms with Crippen LogP contribution in [0.4, 0.5) is 17.6 Å². The number of hydrogen-bond donors (Lipinski definition) is 1. The molecule has 0 heterocycles. The van der Waals surface area contributed by atoms with Gasteiger partial charge in [0.25, 0.3) is 0 Å². The lowest BCUT2D eigenvalue weighted by molar-refractivity contribution is -0.137. The number of rotatable bonds is 2. The highest BCUT2D eigenvalue weighted by Crippen LogP contribution is 2.34. The van der Waals surface area contributed by atoms with E-state index in [9.17, 15) is 17.6 Å². The second-order valence-electron chi connectivity index (χ2n) is 4.68. The van der Waals surface area contributed by atoms with Crippen molar-refractivity contribution >= 4 is 11.6 Å². The molecule has 2 aromatic rings. The Labute approximate surface area is 124 Å². The molecule has 0 saturated heterocycles. The number of halogens is 5. The van der Waals surface area contributed by atoms with Gasteiger partial charge in [-0.1, -0.05) is 23.7 Å². The molecule has 0 aliphatic rings. The summed E-state index contributed by atoms with van der Waals surface area (Å²) < 4.78 is 51.8. The van der Waals surface area contributed by atoms with Crippen LogP contribution in [0.1, 0.15) is 28.3 Å². The first-order valence-electron chi connectivity index (χ1n) is 6.09. The number of alkyl halides is 3. The first kappa shape index (κ1) is 15.8. The molecule has 0 aromatic heterocycles. The van der Waals surface area contributed by atoms with Crippen molar-refractivity contribution in [2.75, 3.05) is 0 Å². The van der Waals surface area contributed by atoms with Crippen molar-refractivity contribution in [1.29, 1.82) is 0 Å². The summed E-state index contributed by atoms with van der Waals surface area (Å²) in [5, 5.41) is 0.141. The second kappa shape index (κ2) is 5.66. The smallest absolute Gasteiger partial charge is 0.320 e. The molecule has 0 radical (unpaired) electrons. The minimum atomic E-state index is -4.43. The van der Waals surface area contributed by atoms with E-state index >= 15 is 0 Å². The number of aryl methyl sites for hydroxylation is 1. The molecule has 2 aromatic carbocycles. The van der Waals surface area contributed by atoms with Gasteiger partial charge in [0.15, 0.2) is 0 Å². The third kappa shape index (κ3) is 3.19. The molecule has 1 unspecified atom stereocenters. The van der Waals surface area contributed by atoms with Gasteiger partial charge in [-0.3, -0.25) is 0 Å². The molecule has 0 amide bonds. The lowest BCUT2D eigenvalue weighted by Crippen LogP contribution is -2.16. The van der Waals surface area contributed by atoms with E-state index in [-0.39, 0.29) is 10.6 Å². The van der Waals surface area contributed by atoms with Crippen LogP contribution in [0.3, 0.4) is 0 Å². The maximum atomic E-state index is 13.8. The Morgan fingerprint density at radius 1 is 1.14 bits per heavy atom. The second-order valence-corrected chi connectivity index (χ2v) is 5.09. The Morgan fingerprint density at radius 2 is 1.81 bits per heavy atom. The van der Waals surface area contributed by atoms with Crippen molar-refractivity contribution in [3.63, 3.8) is 0 Å². The zero-order chi connectivity index (χ0) is 15.8. The molecule has 1 nitrogen and oxygen atoms in total.